The van der Waals surface area contributed by atoms with Crippen molar-refractivity contribution >= 4 is 22.7 Å². The molecule has 0 aromatic heterocycles. The average Bonchev–Trinajstić information content (AvgIpc) is 2.65. The molecule has 1 aliphatic heterocycles. The molecule has 1 heterocycles. The minimum absolute atomic E-state index is 1.04. The Morgan fingerprint density at radius 1 is 1.00 bits per heavy atom. The van der Waals surface area contributed by atoms with Gasteiger partial charge in [0.15, 0.2) is 0 Å². The Balaban J connectivity index is 2.46. The van der Waals surface area contributed by atoms with Crippen LogP contribution in [0.1, 0.15) is 5.56 Å². The van der Waals surface area contributed by atoms with Crippen molar-refractivity contribution in [3.8, 4) is 0 Å². The SMILES string of the molecule is C1=[NH+]c2ccc3ccccc3c2C1. The minimum atomic E-state index is 1.04. The summed E-state index contributed by atoms with van der Waals surface area (Å²) in [6.45, 7) is 0. The second-order valence-electron chi connectivity index (χ2n) is 3.37. The van der Waals surface area contributed by atoms with Crippen molar-refractivity contribution in [2.24, 2.45) is 0 Å². The number of hydrogen-bond acceptors (Lipinski definition) is 0. The topological polar surface area (TPSA) is 14.0 Å². The predicted molar refractivity (Wildman–Crippen MR) is 54.3 cm³/mol. The molecule has 62 valence electrons. The molecule has 13 heavy (non-hydrogen) atoms. The van der Waals surface area contributed by atoms with E-state index in [1.165, 1.54) is 22.0 Å². The maximum Gasteiger partial charge on any atom is 0.207 e. The van der Waals surface area contributed by atoms with Crippen molar-refractivity contribution in [2.45, 2.75) is 6.42 Å². The zero-order valence-corrected chi connectivity index (χ0v) is 7.25. The van der Waals surface area contributed by atoms with Crippen LogP contribution in [0, 0.1) is 0 Å². The van der Waals surface area contributed by atoms with Crippen LogP contribution in [0.5, 0.6) is 0 Å². The van der Waals surface area contributed by atoms with Crippen molar-refractivity contribution in [1.82, 2.24) is 0 Å². The minimum Gasteiger partial charge on any atom is -0.215 e. The summed E-state index contributed by atoms with van der Waals surface area (Å²) in [5.74, 6) is 0. The summed E-state index contributed by atoms with van der Waals surface area (Å²) in [5.41, 5.74) is 2.69. The zero-order valence-electron chi connectivity index (χ0n) is 7.25. The molecule has 0 saturated heterocycles. The van der Waals surface area contributed by atoms with E-state index in [1.54, 1.807) is 0 Å². The van der Waals surface area contributed by atoms with Gasteiger partial charge in [0, 0.05) is 11.6 Å². The summed E-state index contributed by atoms with van der Waals surface area (Å²) >= 11 is 0. The van der Waals surface area contributed by atoms with Crippen LogP contribution in [0.15, 0.2) is 36.4 Å². The molecule has 0 radical (unpaired) electrons. The third kappa shape index (κ3) is 0.903. The van der Waals surface area contributed by atoms with E-state index in [2.05, 4.69) is 47.6 Å². The first-order chi connectivity index (χ1) is 6.45. The van der Waals surface area contributed by atoms with E-state index in [9.17, 15) is 0 Å². The molecule has 0 fully saturated rings. The molecule has 1 N–H and O–H groups in total. The lowest BCUT2D eigenvalue weighted by molar-refractivity contribution is -0.343. The third-order valence-electron chi connectivity index (χ3n) is 2.60. The average molecular weight is 168 g/mol. The second kappa shape index (κ2) is 2.43. The van der Waals surface area contributed by atoms with Crippen molar-refractivity contribution in [3.05, 3.63) is 42.0 Å². The molecule has 0 aliphatic carbocycles. The molecule has 0 bridgehead atoms. The summed E-state index contributed by atoms with van der Waals surface area (Å²) in [6, 6.07) is 12.9. The highest BCUT2D eigenvalue weighted by Crippen LogP contribution is 2.24. The van der Waals surface area contributed by atoms with Crippen molar-refractivity contribution in [3.63, 3.8) is 0 Å². The van der Waals surface area contributed by atoms with Gasteiger partial charge in [-0.25, -0.2) is 4.99 Å². The predicted octanol–water partition coefficient (Wildman–Crippen LogP) is 1.18. The summed E-state index contributed by atoms with van der Waals surface area (Å²) < 4.78 is 0. The largest absolute Gasteiger partial charge is 0.215 e. The molecule has 0 unspecified atom stereocenters. The first-order valence-corrected chi connectivity index (χ1v) is 4.54. The van der Waals surface area contributed by atoms with Crippen LogP contribution in [0.2, 0.25) is 0 Å². The van der Waals surface area contributed by atoms with Gasteiger partial charge in [0.2, 0.25) is 5.69 Å². The first-order valence-electron chi connectivity index (χ1n) is 4.54. The Bertz CT molecular complexity index is 497. The number of fused-ring (bicyclic) bond motifs is 3. The maximum atomic E-state index is 3.27. The van der Waals surface area contributed by atoms with Crippen LogP contribution < -0.4 is 4.99 Å². The summed E-state index contributed by atoms with van der Waals surface area (Å²) in [6.07, 6.45) is 3.15. The molecule has 1 aliphatic rings. The van der Waals surface area contributed by atoms with Crippen LogP contribution in [-0.2, 0) is 6.42 Å². The van der Waals surface area contributed by atoms with Crippen LogP contribution in [0.25, 0.3) is 10.8 Å². The molecule has 2 aromatic rings. The maximum absolute atomic E-state index is 3.27. The van der Waals surface area contributed by atoms with E-state index in [4.69, 9.17) is 0 Å². The van der Waals surface area contributed by atoms with Gasteiger partial charge in [-0.2, -0.15) is 0 Å². The van der Waals surface area contributed by atoms with E-state index >= 15 is 0 Å². The second-order valence-corrected chi connectivity index (χ2v) is 3.37. The summed E-state index contributed by atoms with van der Waals surface area (Å²) in [5, 5.41) is 2.71. The van der Waals surface area contributed by atoms with Crippen LogP contribution in [-0.4, -0.2) is 6.21 Å². The molecule has 0 spiro atoms. The molecule has 0 atom stereocenters. The Kier molecular flexibility index (Phi) is 1.28. The normalized spacial score (nSPS) is 13.5. The van der Waals surface area contributed by atoms with E-state index in [1.807, 2.05) is 0 Å². The van der Waals surface area contributed by atoms with E-state index in [0.29, 0.717) is 0 Å². The lowest BCUT2D eigenvalue weighted by Crippen LogP contribution is -2.58. The van der Waals surface area contributed by atoms with Gasteiger partial charge < -0.3 is 0 Å². The zero-order chi connectivity index (χ0) is 8.67. The first kappa shape index (κ1) is 6.84. The van der Waals surface area contributed by atoms with Gasteiger partial charge in [-0.15, -0.1) is 0 Å². The van der Waals surface area contributed by atoms with E-state index in [-0.39, 0.29) is 0 Å². The van der Waals surface area contributed by atoms with Crippen molar-refractivity contribution < 1.29 is 4.99 Å². The molecule has 1 nitrogen and oxygen atoms in total. The molecular weight excluding hydrogens is 158 g/mol. The highest BCUT2D eigenvalue weighted by molar-refractivity contribution is 5.91. The third-order valence-corrected chi connectivity index (χ3v) is 2.60. The molecular formula is C12H10N+. The van der Waals surface area contributed by atoms with Gasteiger partial charge >= 0.3 is 0 Å². The number of nitrogens with one attached hydrogen (secondary N) is 1. The lowest BCUT2D eigenvalue weighted by atomic mass is 10.0. The summed E-state index contributed by atoms with van der Waals surface area (Å²) in [7, 11) is 0. The van der Waals surface area contributed by atoms with Crippen LogP contribution in [0.3, 0.4) is 0 Å². The Morgan fingerprint density at radius 3 is 2.92 bits per heavy atom. The van der Waals surface area contributed by atoms with Gasteiger partial charge in [-0.3, -0.25) is 0 Å². The molecule has 1 heteroatoms. The fraction of sp³-hybridized carbons (Fsp3) is 0.0833. The summed E-state index contributed by atoms with van der Waals surface area (Å²) in [4.78, 5) is 3.27. The van der Waals surface area contributed by atoms with Gasteiger partial charge in [0.1, 0.15) is 6.21 Å². The van der Waals surface area contributed by atoms with Crippen molar-refractivity contribution in [2.75, 3.05) is 0 Å². The van der Waals surface area contributed by atoms with Crippen LogP contribution in [0.4, 0.5) is 5.69 Å². The van der Waals surface area contributed by atoms with Crippen LogP contribution >= 0.6 is 0 Å². The highest BCUT2D eigenvalue weighted by atomic mass is 14.7. The van der Waals surface area contributed by atoms with E-state index < -0.39 is 0 Å². The van der Waals surface area contributed by atoms with Gasteiger partial charge in [-0.1, -0.05) is 24.3 Å². The monoisotopic (exact) mass is 168 g/mol. The molecule has 3 rings (SSSR count). The standard InChI is InChI=1S/C12H9N/c1-2-4-10-9(3-1)5-6-12-11(10)7-8-13-12/h1-6,8H,7H2/p+1. The Labute approximate surface area is 76.7 Å². The van der Waals surface area contributed by atoms with Gasteiger partial charge in [-0.05, 0) is 16.8 Å². The van der Waals surface area contributed by atoms with Crippen molar-refractivity contribution in [1.29, 1.82) is 0 Å². The lowest BCUT2D eigenvalue weighted by Gasteiger charge is -1.99. The van der Waals surface area contributed by atoms with Gasteiger partial charge in [0.05, 0.1) is 6.42 Å². The molecule has 0 amide bonds. The molecule has 0 saturated carbocycles. The highest BCUT2D eigenvalue weighted by Gasteiger charge is 2.14. The van der Waals surface area contributed by atoms with Gasteiger partial charge in [0.25, 0.3) is 0 Å². The number of rotatable bonds is 0. The smallest absolute Gasteiger partial charge is 0.207 e. The van der Waals surface area contributed by atoms with E-state index in [0.717, 1.165) is 6.42 Å². The quantitative estimate of drug-likeness (QED) is 0.607. The fourth-order valence-electron chi connectivity index (χ4n) is 1.95. The molecule has 2 aromatic carbocycles. The Hall–Kier alpha value is -1.63. The number of hydrogen-bond donors (Lipinski definition) is 1. The Morgan fingerprint density at radius 2 is 1.92 bits per heavy atom. The number of benzene rings is 2. The fourth-order valence-corrected chi connectivity index (χ4v) is 1.95.